The lowest BCUT2D eigenvalue weighted by Gasteiger charge is -2.29. The molecule has 186 valence electrons. The largest absolute Gasteiger partial charge is 0.353 e. The van der Waals surface area contributed by atoms with Crippen molar-refractivity contribution in [1.29, 1.82) is 0 Å². The first-order chi connectivity index (χ1) is 16.9. The van der Waals surface area contributed by atoms with E-state index in [-0.39, 0.29) is 24.3 Å². The fraction of sp³-hybridized carbons (Fsp3) is 0.400. The third-order valence-corrected chi connectivity index (χ3v) is 6.19. The summed E-state index contributed by atoms with van der Waals surface area (Å²) in [5.74, 6) is 0.113. The summed E-state index contributed by atoms with van der Waals surface area (Å²) in [6.07, 6.45) is 5.29. The minimum Gasteiger partial charge on any atom is -0.353 e. The molecule has 3 aromatic rings. The predicted octanol–water partition coefficient (Wildman–Crippen LogP) is 5.69. The molecule has 2 amide bonds. The van der Waals surface area contributed by atoms with E-state index in [1.54, 1.807) is 4.90 Å². The van der Waals surface area contributed by atoms with Gasteiger partial charge >= 0.3 is 0 Å². The molecule has 1 heterocycles. The van der Waals surface area contributed by atoms with Crippen molar-refractivity contribution in [3.8, 4) is 0 Å². The summed E-state index contributed by atoms with van der Waals surface area (Å²) in [7, 11) is 1.99. The van der Waals surface area contributed by atoms with Gasteiger partial charge in [-0.05, 0) is 54.2 Å². The number of nitrogens with zero attached hydrogens (tertiary/aromatic N) is 3. The fourth-order valence-corrected chi connectivity index (χ4v) is 4.19. The van der Waals surface area contributed by atoms with E-state index < -0.39 is 0 Å². The third-order valence-electron chi connectivity index (χ3n) is 6.19. The van der Waals surface area contributed by atoms with Crippen LogP contribution in [-0.4, -0.2) is 39.3 Å². The smallest absolute Gasteiger partial charge is 0.254 e. The topological polar surface area (TPSA) is 45.6 Å². The van der Waals surface area contributed by atoms with Crippen molar-refractivity contribution < 1.29 is 9.59 Å². The van der Waals surface area contributed by atoms with Gasteiger partial charge in [-0.3, -0.25) is 9.59 Å². The van der Waals surface area contributed by atoms with Gasteiger partial charge in [0, 0.05) is 37.6 Å². The number of unbranched alkanes of at least 4 members (excludes halogenated alkanes) is 1. The molecule has 0 radical (unpaired) electrons. The molecular formula is C30H39N3O2. The Morgan fingerprint density at radius 3 is 2.17 bits per heavy atom. The number of aryl methyl sites for hydroxylation is 2. The number of hydrogen-bond acceptors (Lipinski definition) is 2. The van der Waals surface area contributed by atoms with Gasteiger partial charge in [-0.25, -0.2) is 0 Å². The molecule has 35 heavy (non-hydrogen) atoms. The summed E-state index contributed by atoms with van der Waals surface area (Å²) in [6.45, 7) is 7.91. The molecule has 0 aliphatic rings. The fourth-order valence-electron chi connectivity index (χ4n) is 4.19. The highest BCUT2D eigenvalue weighted by Crippen LogP contribution is 2.15. The van der Waals surface area contributed by atoms with Crippen LogP contribution in [0.25, 0.3) is 0 Å². The lowest BCUT2D eigenvalue weighted by atomic mass is 10.1. The van der Waals surface area contributed by atoms with Gasteiger partial charge in [-0.15, -0.1) is 0 Å². The van der Waals surface area contributed by atoms with E-state index in [9.17, 15) is 9.59 Å². The van der Waals surface area contributed by atoms with Gasteiger partial charge in [0.25, 0.3) is 5.91 Å². The zero-order valence-corrected chi connectivity index (χ0v) is 21.6. The van der Waals surface area contributed by atoms with Crippen molar-refractivity contribution >= 4 is 11.8 Å². The highest BCUT2D eigenvalue weighted by Gasteiger charge is 2.24. The number of hydrogen-bond donors (Lipinski definition) is 0. The summed E-state index contributed by atoms with van der Waals surface area (Å²) in [5, 5.41) is 0. The maximum absolute atomic E-state index is 13.6. The second-order valence-corrected chi connectivity index (χ2v) is 9.73. The zero-order valence-electron chi connectivity index (χ0n) is 21.6. The molecule has 0 saturated heterocycles. The molecule has 0 unspecified atom stereocenters. The van der Waals surface area contributed by atoms with Crippen LogP contribution in [0, 0.1) is 5.92 Å². The second-order valence-electron chi connectivity index (χ2n) is 9.73. The maximum Gasteiger partial charge on any atom is 0.254 e. The number of rotatable bonds is 12. The lowest BCUT2D eigenvalue weighted by Crippen LogP contribution is -2.44. The minimum absolute atomic E-state index is 0.0522. The van der Waals surface area contributed by atoms with Crippen LogP contribution >= 0.6 is 0 Å². The summed E-state index contributed by atoms with van der Waals surface area (Å²) >= 11 is 0. The summed E-state index contributed by atoms with van der Waals surface area (Å²) in [6, 6.07) is 21.9. The Morgan fingerprint density at radius 1 is 0.857 bits per heavy atom. The van der Waals surface area contributed by atoms with Crippen LogP contribution in [0.5, 0.6) is 0 Å². The maximum atomic E-state index is 13.6. The molecule has 5 heteroatoms. The van der Waals surface area contributed by atoms with Crippen LogP contribution in [0.2, 0.25) is 0 Å². The first-order valence-electron chi connectivity index (χ1n) is 12.7. The van der Waals surface area contributed by atoms with Gasteiger partial charge in [0.15, 0.2) is 0 Å². The molecule has 0 atom stereocenters. The first-order valence-corrected chi connectivity index (χ1v) is 12.7. The average molecular weight is 474 g/mol. The van der Waals surface area contributed by atoms with Crippen molar-refractivity contribution in [3.63, 3.8) is 0 Å². The van der Waals surface area contributed by atoms with Gasteiger partial charge in [0.05, 0.1) is 6.54 Å². The quantitative estimate of drug-likeness (QED) is 0.339. The molecule has 0 bridgehead atoms. The Hall–Kier alpha value is -3.34. The molecule has 1 aromatic heterocycles. The van der Waals surface area contributed by atoms with Crippen LogP contribution < -0.4 is 0 Å². The van der Waals surface area contributed by atoms with Gasteiger partial charge in [-0.1, -0.05) is 69.7 Å². The molecule has 0 fully saturated rings. The molecule has 0 aliphatic carbocycles. The zero-order chi connectivity index (χ0) is 25.2. The van der Waals surface area contributed by atoms with Crippen LogP contribution in [0.4, 0.5) is 0 Å². The van der Waals surface area contributed by atoms with E-state index in [1.165, 1.54) is 5.56 Å². The van der Waals surface area contributed by atoms with Crippen molar-refractivity contribution in [2.24, 2.45) is 13.0 Å². The van der Waals surface area contributed by atoms with Crippen molar-refractivity contribution in [1.82, 2.24) is 14.4 Å². The Kier molecular flexibility index (Phi) is 9.71. The lowest BCUT2D eigenvalue weighted by molar-refractivity contribution is -0.133. The van der Waals surface area contributed by atoms with E-state index >= 15 is 0 Å². The SMILES string of the molecule is CCCCc1ccc(C(=O)N(CC(=O)N(Cc2ccccc2)Cc2cccn2C)CC(C)C)cc1. The van der Waals surface area contributed by atoms with Gasteiger partial charge in [0.1, 0.15) is 6.54 Å². The molecule has 0 spiro atoms. The third kappa shape index (κ3) is 7.84. The second kappa shape index (κ2) is 12.9. The molecule has 0 N–H and O–H groups in total. The van der Waals surface area contributed by atoms with E-state index in [1.807, 2.05) is 89.4 Å². The van der Waals surface area contributed by atoms with Gasteiger partial charge < -0.3 is 14.4 Å². The minimum atomic E-state index is -0.0902. The number of carbonyl (C=O) groups is 2. The highest BCUT2D eigenvalue weighted by molar-refractivity contribution is 5.96. The van der Waals surface area contributed by atoms with E-state index in [4.69, 9.17) is 0 Å². The summed E-state index contributed by atoms with van der Waals surface area (Å²) in [4.78, 5) is 30.6. The molecule has 5 nitrogen and oxygen atoms in total. The Labute approximate surface area is 210 Å². The predicted molar refractivity (Wildman–Crippen MR) is 142 cm³/mol. The molecule has 0 aliphatic heterocycles. The molecular weight excluding hydrogens is 434 g/mol. The highest BCUT2D eigenvalue weighted by atomic mass is 16.2. The monoisotopic (exact) mass is 473 g/mol. The van der Waals surface area contributed by atoms with E-state index in [0.29, 0.717) is 25.2 Å². The average Bonchev–Trinajstić information content (AvgIpc) is 3.26. The van der Waals surface area contributed by atoms with Crippen molar-refractivity contribution in [3.05, 3.63) is 95.3 Å². The summed E-state index contributed by atoms with van der Waals surface area (Å²) < 4.78 is 2.03. The van der Waals surface area contributed by atoms with Crippen molar-refractivity contribution in [2.75, 3.05) is 13.1 Å². The standard InChI is InChI=1S/C30H39N3O2/c1-5-6-11-25-15-17-27(18-16-25)30(35)33(20-24(2)3)23-29(34)32(21-26-12-8-7-9-13-26)22-28-14-10-19-31(28)4/h7-10,12-19,24H,5-6,11,20-23H2,1-4H3. The number of aromatic nitrogens is 1. The first kappa shape index (κ1) is 26.3. The van der Waals surface area contributed by atoms with Crippen LogP contribution in [0.1, 0.15) is 60.8 Å². The molecule has 2 aromatic carbocycles. The summed E-state index contributed by atoms with van der Waals surface area (Å²) in [5.41, 5.74) is 4.00. The Balaban J connectivity index is 1.78. The van der Waals surface area contributed by atoms with Gasteiger partial charge in [-0.2, -0.15) is 0 Å². The Bertz CT molecular complexity index is 1070. The van der Waals surface area contributed by atoms with E-state index in [0.717, 1.165) is 30.5 Å². The van der Waals surface area contributed by atoms with E-state index in [2.05, 4.69) is 20.8 Å². The van der Waals surface area contributed by atoms with Crippen molar-refractivity contribution in [2.45, 2.75) is 53.1 Å². The normalized spacial score (nSPS) is 11.0. The van der Waals surface area contributed by atoms with Crippen LogP contribution in [0.3, 0.4) is 0 Å². The number of benzene rings is 2. The molecule has 0 saturated carbocycles. The van der Waals surface area contributed by atoms with Crippen LogP contribution in [0.15, 0.2) is 72.9 Å². The van der Waals surface area contributed by atoms with Crippen LogP contribution in [-0.2, 0) is 31.4 Å². The molecule has 3 rings (SSSR count). The van der Waals surface area contributed by atoms with Gasteiger partial charge in [0.2, 0.25) is 5.91 Å². The Morgan fingerprint density at radius 2 is 1.57 bits per heavy atom. The number of carbonyl (C=O) groups excluding carboxylic acids is 2. The number of amides is 2.